The molecule has 0 spiro atoms. The SMILES string of the molecule is C=CCn1c(SC(C)C(=O)Nc2ccc(Cl)cc2Cl)nnc1-c1ccc(Cl)cc1. The second-order valence-corrected chi connectivity index (χ2v) is 8.67. The fourth-order valence-electron chi connectivity index (χ4n) is 2.52. The number of hydrogen-bond donors (Lipinski definition) is 1. The minimum atomic E-state index is -0.437. The van der Waals surface area contributed by atoms with Crippen LogP contribution < -0.4 is 5.32 Å². The van der Waals surface area contributed by atoms with E-state index in [-0.39, 0.29) is 5.91 Å². The van der Waals surface area contributed by atoms with Crippen molar-refractivity contribution in [3.05, 3.63) is 70.2 Å². The number of benzene rings is 2. The molecule has 0 radical (unpaired) electrons. The Hall–Kier alpha value is -1.99. The van der Waals surface area contributed by atoms with E-state index in [0.29, 0.717) is 38.3 Å². The second kappa shape index (κ2) is 9.67. The first-order chi connectivity index (χ1) is 13.9. The number of amides is 1. The van der Waals surface area contributed by atoms with E-state index >= 15 is 0 Å². The van der Waals surface area contributed by atoms with Crippen LogP contribution >= 0.6 is 46.6 Å². The molecule has 0 fully saturated rings. The fourth-order valence-corrected chi connectivity index (χ4v) is 3.96. The summed E-state index contributed by atoms with van der Waals surface area (Å²) in [6.45, 7) is 6.10. The Morgan fingerprint density at radius 3 is 2.52 bits per heavy atom. The minimum absolute atomic E-state index is 0.208. The van der Waals surface area contributed by atoms with Crippen molar-refractivity contribution < 1.29 is 4.79 Å². The van der Waals surface area contributed by atoms with Gasteiger partial charge in [0.2, 0.25) is 5.91 Å². The van der Waals surface area contributed by atoms with Crippen molar-refractivity contribution in [3.63, 3.8) is 0 Å². The third-order valence-electron chi connectivity index (χ3n) is 3.97. The number of thioether (sulfide) groups is 1. The van der Waals surface area contributed by atoms with Gasteiger partial charge in [0.25, 0.3) is 0 Å². The number of nitrogens with zero attached hydrogens (tertiary/aromatic N) is 3. The number of aromatic nitrogens is 3. The lowest BCUT2D eigenvalue weighted by atomic mass is 10.2. The largest absolute Gasteiger partial charge is 0.324 e. The molecule has 0 bridgehead atoms. The summed E-state index contributed by atoms with van der Waals surface area (Å²) >= 11 is 19.3. The van der Waals surface area contributed by atoms with Crippen LogP contribution in [-0.4, -0.2) is 25.9 Å². The molecule has 2 aromatic carbocycles. The van der Waals surface area contributed by atoms with Gasteiger partial charge in [-0.2, -0.15) is 0 Å². The predicted molar refractivity (Wildman–Crippen MR) is 121 cm³/mol. The Labute approximate surface area is 188 Å². The lowest BCUT2D eigenvalue weighted by molar-refractivity contribution is -0.115. The van der Waals surface area contributed by atoms with Crippen LogP contribution in [-0.2, 0) is 11.3 Å². The van der Waals surface area contributed by atoms with Crippen molar-refractivity contribution in [2.24, 2.45) is 0 Å². The molecule has 1 aromatic heterocycles. The van der Waals surface area contributed by atoms with Crippen molar-refractivity contribution in [2.75, 3.05) is 5.32 Å². The molecule has 0 aliphatic rings. The Bertz CT molecular complexity index is 1040. The standard InChI is InChI=1S/C20H17Cl3N4OS/c1-3-10-27-18(13-4-6-14(21)7-5-13)25-26-20(27)29-12(2)19(28)24-17-9-8-15(22)11-16(17)23/h3-9,11-12H,1,10H2,2H3,(H,24,28). The first kappa shape index (κ1) is 21.7. The van der Waals surface area contributed by atoms with E-state index in [4.69, 9.17) is 34.8 Å². The van der Waals surface area contributed by atoms with Gasteiger partial charge in [-0.05, 0) is 49.4 Å². The third-order valence-corrected chi connectivity index (χ3v) is 5.85. The summed E-state index contributed by atoms with van der Waals surface area (Å²) < 4.78 is 1.90. The van der Waals surface area contributed by atoms with Gasteiger partial charge in [0.1, 0.15) is 0 Å². The van der Waals surface area contributed by atoms with E-state index in [1.807, 2.05) is 16.7 Å². The first-order valence-electron chi connectivity index (χ1n) is 8.61. The molecule has 0 aliphatic heterocycles. The summed E-state index contributed by atoms with van der Waals surface area (Å²) in [5, 5.41) is 13.1. The Kier molecular flexibility index (Phi) is 7.24. The Morgan fingerprint density at radius 2 is 1.86 bits per heavy atom. The lowest BCUT2D eigenvalue weighted by Crippen LogP contribution is -2.23. The van der Waals surface area contributed by atoms with E-state index in [2.05, 4.69) is 22.1 Å². The topological polar surface area (TPSA) is 59.8 Å². The van der Waals surface area contributed by atoms with Crippen molar-refractivity contribution in [3.8, 4) is 11.4 Å². The van der Waals surface area contributed by atoms with Gasteiger partial charge in [-0.25, -0.2) is 0 Å². The van der Waals surface area contributed by atoms with Crippen LogP contribution in [0, 0.1) is 0 Å². The summed E-state index contributed by atoms with van der Waals surface area (Å²) in [4.78, 5) is 12.6. The first-order valence-corrected chi connectivity index (χ1v) is 10.6. The molecular formula is C20H17Cl3N4OS. The molecule has 1 atom stereocenters. The Morgan fingerprint density at radius 1 is 1.17 bits per heavy atom. The van der Waals surface area contributed by atoms with E-state index in [1.165, 1.54) is 11.8 Å². The predicted octanol–water partition coefficient (Wildman–Crippen LogP) is 6.21. The molecule has 5 nitrogen and oxygen atoms in total. The maximum absolute atomic E-state index is 12.6. The number of allylic oxidation sites excluding steroid dienone is 1. The zero-order chi connectivity index (χ0) is 21.0. The maximum atomic E-state index is 12.6. The molecule has 9 heteroatoms. The molecule has 3 aromatic rings. The normalized spacial score (nSPS) is 11.9. The molecule has 150 valence electrons. The molecule has 3 rings (SSSR count). The van der Waals surface area contributed by atoms with Gasteiger partial charge in [0.05, 0.1) is 16.0 Å². The van der Waals surface area contributed by atoms with Crippen LogP contribution in [0.15, 0.2) is 60.3 Å². The number of carbonyl (C=O) groups excluding carboxylic acids is 1. The number of hydrogen-bond acceptors (Lipinski definition) is 4. The van der Waals surface area contributed by atoms with Gasteiger partial charge in [-0.3, -0.25) is 9.36 Å². The van der Waals surface area contributed by atoms with E-state index in [0.717, 1.165) is 5.56 Å². The van der Waals surface area contributed by atoms with Crippen LogP contribution in [0.5, 0.6) is 0 Å². The number of carbonyl (C=O) groups is 1. The van der Waals surface area contributed by atoms with Crippen LogP contribution in [0.25, 0.3) is 11.4 Å². The van der Waals surface area contributed by atoms with Crippen molar-refractivity contribution in [1.29, 1.82) is 0 Å². The molecule has 0 aliphatic carbocycles. The second-order valence-electron chi connectivity index (χ2n) is 6.09. The van der Waals surface area contributed by atoms with E-state index < -0.39 is 5.25 Å². The lowest BCUT2D eigenvalue weighted by Gasteiger charge is -2.14. The summed E-state index contributed by atoms with van der Waals surface area (Å²) in [7, 11) is 0. The molecule has 1 amide bonds. The quantitative estimate of drug-likeness (QED) is 0.331. The van der Waals surface area contributed by atoms with Gasteiger partial charge < -0.3 is 5.32 Å². The van der Waals surface area contributed by atoms with E-state index in [9.17, 15) is 4.79 Å². The fraction of sp³-hybridized carbons (Fsp3) is 0.150. The zero-order valence-electron chi connectivity index (χ0n) is 15.4. The highest BCUT2D eigenvalue weighted by molar-refractivity contribution is 8.00. The van der Waals surface area contributed by atoms with Crippen LogP contribution in [0.2, 0.25) is 15.1 Å². The summed E-state index contributed by atoms with van der Waals surface area (Å²) in [6, 6.07) is 12.2. The maximum Gasteiger partial charge on any atom is 0.237 e. The number of rotatable bonds is 7. The molecule has 1 N–H and O–H groups in total. The monoisotopic (exact) mass is 466 g/mol. The molecular weight excluding hydrogens is 451 g/mol. The molecule has 29 heavy (non-hydrogen) atoms. The molecule has 1 unspecified atom stereocenters. The zero-order valence-corrected chi connectivity index (χ0v) is 18.5. The summed E-state index contributed by atoms with van der Waals surface area (Å²) in [6.07, 6.45) is 1.76. The number of halogens is 3. The molecule has 0 saturated heterocycles. The Balaban J connectivity index is 1.78. The highest BCUT2D eigenvalue weighted by atomic mass is 35.5. The van der Waals surface area contributed by atoms with Gasteiger partial charge in [0, 0.05) is 22.2 Å². The van der Waals surface area contributed by atoms with Crippen molar-refractivity contribution in [2.45, 2.75) is 23.9 Å². The van der Waals surface area contributed by atoms with Gasteiger partial charge in [-0.1, -0.05) is 52.6 Å². The van der Waals surface area contributed by atoms with Crippen molar-refractivity contribution >= 4 is 58.2 Å². The van der Waals surface area contributed by atoms with Crippen LogP contribution in [0.4, 0.5) is 5.69 Å². The average molecular weight is 468 g/mol. The van der Waals surface area contributed by atoms with Gasteiger partial charge >= 0.3 is 0 Å². The molecule has 1 heterocycles. The van der Waals surface area contributed by atoms with Crippen LogP contribution in [0.1, 0.15) is 6.92 Å². The van der Waals surface area contributed by atoms with Crippen LogP contribution in [0.3, 0.4) is 0 Å². The molecule has 0 saturated carbocycles. The van der Waals surface area contributed by atoms with E-state index in [1.54, 1.807) is 43.3 Å². The van der Waals surface area contributed by atoms with Gasteiger partial charge in [-0.15, -0.1) is 16.8 Å². The van der Waals surface area contributed by atoms with Crippen molar-refractivity contribution in [1.82, 2.24) is 14.8 Å². The summed E-state index contributed by atoms with van der Waals surface area (Å²) in [5.74, 6) is 0.470. The van der Waals surface area contributed by atoms with Gasteiger partial charge in [0.15, 0.2) is 11.0 Å². The highest BCUT2D eigenvalue weighted by Crippen LogP contribution is 2.30. The number of anilines is 1. The average Bonchev–Trinajstić information content (AvgIpc) is 3.07. The highest BCUT2D eigenvalue weighted by Gasteiger charge is 2.21. The third kappa shape index (κ3) is 5.34. The number of nitrogens with one attached hydrogen (secondary N) is 1. The smallest absolute Gasteiger partial charge is 0.237 e. The summed E-state index contributed by atoms with van der Waals surface area (Å²) in [5.41, 5.74) is 1.38. The minimum Gasteiger partial charge on any atom is -0.324 e.